The molecule has 6 heteroatoms. The predicted molar refractivity (Wildman–Crippen MR) is 60.5 cm³/mol. The number of carboxylic acids is 1. The molecule has 0 spiro atoms. The van der Waals surface area contributed by atoms with Gasteiger partial charge >= 0.3 is 5.97 Å². The Bertz CT molecular complexity index is 640. The van der Waals surface area contributed by atoms with Crippen LogP contribution in [0.5, 0.6) is 0 Å². The van der Waals surface area contributed by atoms with E-state index in [1.165, 1.54) is 22.9 Å². The Morgan fingerprint density at radius 1 is 1.35 bits per heavy atom. The van der Waals surface area contributed by atoms with Gasteiger partial charge in [-0.05, 0) is 13.0 Å². The summed E-state index contributed by atoms with van der Waals surface area (Å²) in [4.78, 5) is 22.5. The molecule has 1 N–H and O–H groups in total. The van der Waals surface area contributed by atoms with Gasteiger partial charge in [0.2, 0.25) is 0 Å². The van der Waals surface area contributed by atoms with Crippen molar-refractivity contribution in [1.29, 1.82) is 0 Å². The first-order valence-corrected chi connectivity index (χ1v) is 4.95. The number of nitrogens with zero attached hydrogens (tertiary/aromatic N) is 3. The van der Waals surface area contributed by atoms with Crippen LogP contribution >= 0.6 is 0 Å². The van der Waals surface area contributed by atoms with E-state index >= 15 is 0 Å². The summed E-state index contributed by atoms with van der Waals surface area (Å²) >= 11 is 0. The first-order chi connectivity index (χ1) is 7.99. The van der Waals surface area contributed by atoms with Crippen LogP contribution in [0, 0.1) is 6.92 Å². The number of pyridine rings is 1. The maximum absolute atomic E-state index is 11.7. The number of hydrogen-bond donors (Lipinski definition) is 1. The maximum Gasteiger partial charge on any atom is 0.337 e. The van der Waals surface area contributed by atoms with Gasteiger partial charge in [0.1, 0.15) is 0 Å². The van der Waals surface area contributed by atoms with Crippen molar-refractivity contribution in [2.24, 2.45) is 7.05 Å². The first-order valence-electron chi connectivity index (χ1n) is 4.95. The van der Waals surface area contributed by atoms with Crippen molar-refractivity contribution in [2.75, 3.05) is 0 Å². The topological polar surface area (TPSA) is 77.1 Å². The lowest BCUT2D eigenvalue weighted by Gasteiger charge is -2.04. The maximum atomic E-state index is 11.7. The van der Waals surface area contributed by atoms with Crippen molar-refractivity contribution < 1.29 is 9.90 Å². The number of aromatic carboxylic acids is 1. The smallest absolute Gasteiger partial charge is 0.337 e. The van der Waals surface area contributed by atoms with Gasteiger partial charge in [-0.2, -0.15) is 5.10 Å². The Morgan fingerprint density at radius 3 is 2.59 bits per heavy atom. The van der Waals surface area contributed by atoms with E-state index in [0.717, 1.165) is 0 Å². The van der Waals surface area contributed by atoms with Gasteiger partial charge in [0.05, 0.1) is 16.9 Å². The third kappa shape index (κ3) is 1.96. The molecule has 2 rings (SSSR count). The Morgan fingerprint density at radius 2 is 2.06 bits per heavy atom. The van der Waals surface area contributed by atoms with Crippen LogP contribution in [0.1, 0.15) is 16.1 Å². The minimum atomic E-state index is -1.07. The molecule has 17 heavy (non-hydrogen) atoms. The molecule has 2 heterocycles. The summed E-state index contributed by atoms with van der Waals surface area (Å²) < 4.78 is 2.86. The highest BCUT2D eigenvalue weighted by atomic mass is 16.4. The fourth-order valence-corrected chi connectivity index (χ4v) is 1.63. The van der Waals surface area contributed by atoms with Gasteiger partial charge < -0.3 is 5.11 Å². The molecule has 0 bridgehead atoms. The van der Waals surface area contributed by atoms with Gasteiger partial charge in [-0.15, -0.1) is 0 Å². The van der Waals surface area contributed by atoms with Crippen molar-refractivity contribution in [3.63, 3.8) is 0 Å². The molecule has 6 nitrogen and oxygen atoms in total. The quantitative estimate of drug-likeness (QED) is 0.823. The summed E-state index contributed by atoms with van der Waals surface area (Å²) in [6.45, 7) is 1.76. The van der Waals surface area contributed by atoms with Crippen LogP contribution in [0.4, 0.5) is 0 Å². The third-order valence-electron chi connectivity index (χ3n) is 2.41. The summed E-state index contributed by atoms with van der Waals surface area (Å²) in [5.74, 6) is -1.07. The Hall–Kier alpha value is -2.37. The van der Waals surface area contributed by atoms with Crippen LogP contribution in [0.25, 0.3) is 5.69 Å². The van der Waals surface area contributed by atoms with Gasteiger partial charge in [0.15, 0.2) is 0 Å². The monoisotopic (exact) mass is 233 g/mol. The van der Waals surface area contributed by atoms with Crippen molar-refractivity contribution >= 4 is 5.97 Å². The molecule has 2 aromatic rings. The van der Waals surface area contributed by atoms with E-state index in [2.05, 4.69) is 5.10 Å². The van der Waals surface area contributed by atoms with Crippen molar-refractivity contribution in [1.82, 2.24) is 14.3 Å². The highest BCUT2D eigenvalue weighted by Crippen LogP contribution is 2.10. The molecule has 0 aliphatic heterocycles. The molecule has 0 unspecified atom stereocenters. The van der Waals surface area contributed by atoms with Crippen LogP contribution in [0.15, 0.2) is 29.3 Å². The largest absolute Gasteiger partial charge is 0.478 e. The first kappa shape index (κ1) is 11.1. The fraction of sp³-hybridized carbons (Fsp3) is 0.182. The highest BCUT2D eigenvalue weighted by molar-refractivity contribution is 5.87. The van der Waals surface area contributed by atoms with Gasteiger partial charge in [-0.1, -0.05) is 0 Å². The van der Waals surface area contributed by atoms with E-state index in [1.807, 2.05) is 0 Å². The molecule has 0 saturated heterocycles. The number of rotatable bonds is 2. The molecular formula is C11H11N3O3. The molecule has 2 aromatic heterocycles. The summed E-state index contributed by atoms with van der Waals surface area (Å²) in [5.41, 5.74) is 1.02. The number of hydrogen-bond acceptors (Lipinski definition) is 3. The Balaban J connectivity index is 2.66. The SMILES string of the molecule is Cc1nn(C)cc1-n1cc(C(=O)O)ccc1=O. The predicted octanol–water partition coefficient (Wildman–Crippen LogP) is 0.578. The van der Waals surface area contributed by atoms with Crippen LogP contribution in [-0.4, -0.2) is 25.4 Å². The summed E-state index contributed by atoms with van der Waals surface area (Å²) in [6, 6.07) is 2.52. The second-order valence-electron chi connectivity index (χ2n) is 3.70. The molecular weight excluding hydrogens is 222 g/mol. The highest BCUT2D eigenvalue weighted by Gasteiger charge is 2.10. The number of aromatic nitrogens is 3. The Kier molecular flexibility index (Phi) is 2.55. The lowest BCUT2D eigenvalue weighted by molar-refractivity contribution is 0.0696. The molecule has 0 saturated carbocycles. The Labute approximate surface area is 96.7 Å². The van der Waals surface area contributed by atoms with E-state index in [4.69, 9.17) is 5.11 Å². The third-order valence-corrected chi connectivity index (χ3v) is 2.41. The summed E-state index contributed by atoms with van der Waals surface area (Å²) in [6.07, 6.45) is 2.97. The van der Waals surface area contributed by atoms with Crippen LogP contribution in [0.2, 0.25) is 0 Å². The normalized spacial score (nSPS) is 10.5. The van der Waals surface area contributed by atoms with Gasteiger partial charge in [0.25, 0.3) is 5.56 Å². The zero-order chi connectivity index (χ0) is 12.6. The van der Waals surface area contributed by atoms with Crippen LogP contribution in [-0.2, 0) is 7.05 Å². The minimum Gasteiger partial charge on any atom is -0.478 e. The average Bonchev–Trinajstić information content (AvgIpc) is 2.58. The minimum absolute atomic E-state index is 0.0628. The lowest BCUT2D eigenvalue weighted by Crippen LogP contribution is -2.18. The number of carbonyl (C=O) groups is 1. The van der Waals surface area contributed by atoms with Crippen molar-refractivity contribution in [3.05, 3.63) is 46.1 Å². The van der Waals surface area contributed by atoms with E-state index in [0.29, 0.717) is 11.4 Å². The molecule has 0 aliphatic rings. The van der Waals surface area contributed by atoms with E-state index in [9.17, 15) is 9.59 Å². The molecule has 0 fully saturated rings. The lowest BCUT2D eigenvalue weighted by atomic mass is 10.2. The average molecular weight is 233 g/mol. The van der Waals surface area contributed by atoms with Crippen molar-refractivity contribution in [2.45, 2.75) is 6.92 Å². The molecule has 0 amide bonds. The standard InChI is InChI=1S/C11H11N3O3/c1-7-9(6-13(2)12-7)14-5-8(11(16)17)3-4-10(14)15/h3-6H,1-2H3,(H,16,17). The second-order valence-corrected chi connectivity index (χ2v) is 3.70. The van der Waals surface area contributed by atoms with E-state index < -0.39 is 5.97 Å². The van der Waals surface area contributed by atoms with Crippen molar-refractivity contribution in [3.8, 4) is 5.69 Å². The molecule has 0 aromatic carbocycles. The number of carboxylic acid groups (broad SMARTS) is 1. The van der Waals surface area contributed by atoms with Gasteiger partial charge in [-0.3, -0.25) is 14.0 Å². The number of aryl methyl sites for hydroxylation is 2. The second kappa shape index (κ2) is 3.89. The zero-order valence-electron chi connectivity index (χ0n) is 9.41. The molecule has 0 atom stereocenters. The van der Waals surface area contributed by atoms with Gasteiger partial charge in [0, 0.05) is 25.5 Å². The van der Waals surface area contributed by atoms with Crippen LogP contribution in [0.3, 0.4) is 0 Å². The molecule has 88 valence electrons. The van der Waals surface area contributed by atoms with E-state index in [-0.39, 0.29) is 11.1 Å². The zero-order valence-corrected chi connectivity index (χ0v) is 9.41. The fourth-order valence-electron chi connectivity index (χ4n) is 1.63. The van der Waals surface area contributed by atoms with E-state index in [1.54, 1.807) is 24.9 Å². The summed E-state index contributed by atoms with van der Waals surface area (Å²) in [7, 11) is 1.74. The summed E-state index contributed by atoms with van der Waals surface area (Å²) in [5, 5.41) is 13.0. The van der Waals surface area contributed by atoms with Crippen LogP contribution < -0.4 is 5.56 Å². The van der Waals surface area contributed by atoms with Gasteiger partial charge in [-0.25, -0.2) is 4.79 Å². The molecule has 0 aliphatic carbocycles. The molecule has 0 radical (unpaired) electrons.